The van der Waals surface area contributed by atoms with Gasteiger partial charge in [0.05, 0.1) is 16.8 Å². The summed E-state index contributed by atoms with van der Waals surface area (Å²) in [6.45, 7) is 2.24. The summed E-state index contributed by atoms with van der Waals surface area (Å²) >= 11 is 0. The highest BCUT2D eigenvalue weighted by Crippen LogP contribution is 2.28. The molecule has 0 amide bonds. The summed E-state index contributed by atoms with van der Waals surface area (Å²) in [5, 5.41) is -0.495. The molecule has 1 aliphatic rings. The van der Waals surface area contributed by atoms with E-state index in [2.05, 4.69) is 9.17 Å². The van der Waals surface area contributed by atoms with Crippen LogP contribution in [0.5, 0.6) is 0 Å². The Labute approximate surface area is 219 Å². The molecule has 10 nitrogen and oxygen atoms in total. The van der Waals surface area contributed by atoms with Crippen molar-refractivity contribution in [3.8, 4) is 5.69 Å². The predicted octanol–water partition coefficient (Wildman–Crippen LogP) is 2.39. The number of nitrogens with zero attached hydrogens (tertiary/aromatic N) is 3. The molecule has 202 valence electrons. The molecule has 0 radical (unpaired) electrons. The average molecular weight is 560 g/mol. The van der Waals surface area contributed by atoms with Gasteiger partial charge in [-0.05, 0) is 31.2 Å². The van der Waals surface area contributed by atoms with Crippen LogP contribution in [0.25, 0.3) is 16.7 Å². The number of aryl methyl sites for hydroxylation is 1. The zero-order valence-corrected chi connectivity index (χ0v) is 21.0. The van der Waals surface area contributed by atoms with Gasteiger partial charge < -0.3 is 20.6 Å². The Morgan fingerprint density at radius 1 is 1.05 bits per heavy atom. The van der Waals surface area contributed by atoms with Crippen molar-refractivity contribution in [2.45, 2.75) is 17.9 Å². The van der Waals surface area contributed by atoms with Gasteiger partial charge in [0.25, 0.3) is 0 Å². The summed E-state index contributed by atoms with van der Waals surface area (Å²) < 4.78 is 74.8. The van der Waals surface area contributed by atoms with Crippen molar-refractivity contribution in [3.63, 3.8) is 0 Å². The summed E-state index contributed by atoms with van der Waals surface area (Å²) in [7, 11) is -4.67. The van der Waals surface area contributed by atoms with Gasteiger partial charge in [-0.3, -0.25) is 9.36 Å². The molecule has 4 aromatic rings. The zero-order chi connectivity index (χ0) is 28.2. The molecule has 1 fully saturated rings. The molecule has 2 aromatic carbocycles. The smallest absolute Gasteiger partial charge is 0.359 e. The summed E-state index contributed by atoms with van der Waals surface area (Å²) in [6, 6.07) is 7.28. The molecule has 2 aromatic heterocycles. The molecule has 0 saturated carbocycles. The Kier molecular flexibility index (Phi) is 6.31. The number of aromatic nitrogens is 2. The van der Waals surface area contributed by atoms with Crippen LogP contribution in [0.1, 0.15) is 15.9 Å². The van der Waals surface area contributed by atoms with Gasteiger partial charge in [-0.25, -0.2) is 22.9 Å². The molecule has 14 heteroatoms. The Balaban J connectivity index is 1.70. The highest BCUT2D eigenvalue weighted by atomic mass is 32.2. The van der Waals surface area contributed by atoms with E-state index in [1.807, 2.05) is 0 Å². The van der Waals surface area contributed by atoms with Crippen LogP contribution in [0.4, 0.5) is 24.7 Å². The minimum Gasteiger partial charge on any atom is -0.396 e. The van der Waals surface area contributed by atoms with E-state index in [0.29, 0.717) is 6.07 Å². The predicted molar refractivity (Wildman–Crippen MR) is 136 cm³/mol. The maximum Gasteiger partial charge on any atom is 0.359 e. The molecule has 3 heterocycles. The van der Waals surface area contributed by atoms with Crippen LogP contribution < -0.4 is 21.8 Å². The topological polar surface area (TPSA) is 151 Å². The molecule has 1 saturated heterocycles. The number of rotatable bonds is 5. The van der Waals surface area contributed by atoms with E-state index in [9.17, 15) is 26.8 Å². The lowest BCUT2D eigenvalue weighted by Crippen LogP contribution is -2.56. The van der Waals surface area contributed by atoms with Gasteiger partial charge in [0.2, 0.25) is 5.43 Å². The molecule has 0 bridgehead atoms. The average Bonchev–Trinajstić information content (AvgIpc) is 2.85. The minimum atomic E-state index is -4.67. The monoisotopic (exact) mass is 559 g/mol. The first-order valence-electron chi connectivity index (χ1n) is 11.4. The van der Waals surface area contributed by atoms with Crippen molar-refractivity contribution in [2.75, 3.05) is 23.7 Å². The number of carbonyl (C=O) groups is 1. The van der Waals surface area contributed by atoms with Crippen LogP contribution in [-0.4, -0.2) is 43.1 Å². The first kappa shape index (κ1) is 26.2. The molecule has 5 rings (SSSR count). The van der Waals surface area contributed by atoms with E-state index in [4.69, 9.17) is 11.5 Å². The fourth-order valence-corrected chi connectivity index (χ4v) is 4.94. The highest BCUT2D eigenvalue weighted by molar-refractivity contribution is 7.87. The van der Waals surface area contributed by atoms with E-state index >= 15 is 4.39 Å². The highest BCUT2D eigenvalue weighted by Gasteiger charge is 2.30. The molecule has 0 aliphatic carbocycles. The van der Waals surface area contributed by atoms with E-state index in [0.717, 1.165) is 28.5 Å². The molecular formula is C25H20F3N5O5S. The van der Waals surface area contributed by atoms with Crippen molar-refractivity contribution in [2.24, 2.45) is 5.73 Å². The lowest BCUT2D eigenvalue weighted by atomic mass is 10.1. The quantitative estimate of drug-likeness (QED) is 0.277. The van der Waals surface area contributed by atoms with Gasteiger partial charge in [0, 0.05) is 31.4 Å². The van der Waals surface area contributed by atoms with Crippen LogP contribution >= 0.6 is 0 Å². The Morgan fingerprint density at radius 2 is 1.72 bits per heavy atom. The Hall–Kier alpha value is -4.43. The number of nitrogens with two attached hydrogens (primary N) is 2. The molecule has 0 spiro atoms. The van der Waals surface area contributed by atoms with E-state index < -0.39 is 61.3 Å². The van der Waals surface area contributed by atoms with E-state index in [1.165, 1.54) is 29.2 Å². The number of pyridine rings is 2. The van der Waals surface area contributed by atoms with Crippen LogP contribution in [0, 0.1) is 24.4 Å². The number of fused-ring (bicyclic) bond motifs is 1. The minimum absolute atomic E-state index is 0.190. The Morgan fingerprint density at radius 3 is 2.36 bits per heavy atom. The first-order chi connectivity index (χ1) is 18.4. The van der Waals surface area contributed by atoms with Gasteiger partial charge in [-0.2, -0.15) is 8.42 Å². The molecule has 39 heavy (non-hydrogen) atoms. The van der Waals surface area contributed by atoms with Crippen molar-refractivity contribution in [1.29, 1.82) is 0 Å². The molecular weight excluding hydrogens is 539 g/mol. The van der Waals surface area contributed by atoms with E-state index in [-0.39, 0.29) is 35.5 Å². The third kappa shape index (κ3) is 4.68. The van der Waals surface area contributed by atoms with Crippen molar-refractivity contribution in [1.82, 2.24) is 9.55 Å². The lowest BCUT2D eigenvalue weighted by Gasteiger charge is -2.38. The SMILES string of the molecule is Cc1ccc(S(=O)(=O)OC(=O)c2cn(-c3cc(N)c(F)cc3F)c3nc(N4CC(N)C4)c(F)cc3c2=O)cc1. The maximum atomic E-state index is 15.0. The third-order valence-electron chi connectivity index (χ3n) is 6.16. The number of nitrogen functional groups attached to an aromatic ring is 1. The van der Waals surface area contributed by atoms with Crippen LogP contribution in [0.2, 0.25) is 0 Å². The zero-order valence-electron chi connectivity index (χ0n) is 20.2. The number of halogens is 3. The summed E-state index contributed by atoms with van der Waals surface area (Å²) in [5.41, 5.74) is 8.91. The number of anilines is 2. The maximum absolute atomic E-state index is 15.0. The molecule has 4 N–H and O–H groups in total. The van der Waals surface area contributed by atoms with Crippen molar-refractivity contribution < 1.29 is 30.6 Å². The number of carbonyl (C=O) groups excluding carboxylic acids is 1. The van der Waals surface area contributed by atoms with Crippen molar-refractivity contribution >= 4 is 38.6 Å². The standard InChI is InChI=1S/C25H20F3N5O5S/c1-12-2-4-14(5-3-12)39(36,37)38-25(35)16-11-33(21-8-20(30)17(26)7-18(21)27)23-15(22(16)34)6-19(28)24(31-23)32-9-13(29)10-32/h2-8,11,13H,9-10,29-30H2,1H3. The third-order valence-corrected chi connectivity index (χ3v) is 7.38. The molecule has 0 atom stereocenters. The lowest BCUT2D eigenvalue weighted by molar-refractivity contribution is 0.0745. The van der Waals surface area contributed by atoms with E-state index in [1.54, 1.807) is 6.92 Å². The second-order valence-electron chi connectivity index (χ2n) is 9.04. The van der Waals surface area contributed by atoms with Gasteiger partial charge in [0.1, 0.15) is 22.1 Å². The second kappa shape index (κ2) is 9.39. The summed E-state index contributed by atoms with van der Waals surface area (Å²) in [5.74, 6) is -4.96. The number of hydrogen-bond acceptors (Lipinski definition) is 9. The first-order valence-corrected chi connectivity index (χ1v) is 12.8. The summed E-state index contributed by atoms with van der Waals surface area (Å²) in [4.78, 5) is 31.6. The summed E-state index contributed by atoms with van der Waals surface area (Å²) in [6.07, 6.45) is 0.782. The normalized spacial score (nSPS) is 13.9. The van der Waals surface area contributed by atoms with Gasteiger partial charge >= 0.3 is 16.1 Å². The van der Waals surface area contributed by atoms with Crippen LogP contribution in [-0.2, 0) is 14.3 Å². The van der Waals surface area contributed by atoms with Crippen LogP contribution in [0.15, 0.2) is 58.4 Å². The fraction of sp³-hybridized carbons (Fsp3) is 0.160. The molecule has 0 unspecified atom stereocenters. The van der Waals surface area contributed by atoms with Gasteiger partial charge in [-0.15, -0.1) is 0 Å². The molecule has 1 aliphatic heterocycles. The Bertz CT molecular complexity index is 1820. The van der Waals surface area contributed by atoms with Crippen molar-refractivity contribution in [3.05, 3.63) is 87.5 Å². The van der Waals surface area contributed by atoms with Gasteiger partial charge in [-0.1, -0.05) is 17.7 Å². The second-order valence-corrected chi connectivity index (χ2v) is 10.6. The van der Waals surface area contributed by atoms with Gasteiger partial charge in [0.15, 0.2) is 17.3 Å². The fourth-order valence-electron chi connectivity index (χ4n) is 4.09. The number of benzene rings is 2. The van der Waals surface area contributed by atoms with Crippen LogP contribution in [0.3, 0.4) is 0 Å². The number of hydrogen-bond donors (Lipinski definition) is 2. The largest absolute Gasteiger partial charge is 0.396 e.